The summed E-state index contributed by atoms with van der Waals surface area (Å²) in [5.41, 5.74) is 0.640. The van der Waals surface area contributed by atoms with Gasteiger partial charge in [0.05, 0.1) is 12.1 Å². The summed E-state index contributed by atoms with van der Waals surface area (Å²) >= 11 is 0. The molecule has 0 bridgehead atoms. The molecule has 6 nitrogen and oxygen atoms in total. The summed E-state index contributed by atoms with van der Waals surface area (Å²) < 4.78 is 5.63. The number of hydrogen-bond acceptors (Lipinski definition) is 5. The fraction of sp³-hybridized carbons (Fsp3) is 0.250. The van der Waals surface area contributed by atoms with Crippen LogP contribution in [0.15, 0.2) is 48.7 Å². The Morgan fingerprint density at radius 1 is 1.32 bits per heavy atom. The van der Waals surface area contributed by atoms with Crippen molar-refractivity contribution in [3.63, 3.8) is 0 Å². The number of aliphatic hydroxyl groups excluding tert-OH is 1. The lowest BCUT2D eigenvalue weighted by atomic mass is 10.2. The van der Waals surface area contributed by atoms with Crippen molar-refractivity contribution >= 4 is 11.6 Å². The first-order valence-electron chi connectivity index (χ1n) is 7.12. The highest BCUT2D eigenvalue weighted by Gasteiger charge is 2.27. The van der Waals surface area contributed by atoms with Crippen LogP contribution in [0.3, 0.4) is 0 Å². The van der Waals surface area contributed by atoms with Crippen LogP contribution in [0, 0.1) is 0 Å². The zero-order valence-electron chi connectivity index (χ0n) is 11.9. The standard InChI is InChI=1S/C16H17N3O3/c20-12-9-14(18-10-12)16(21)19-11-4-3-5-13(8-11)22-15-6-1-2-7-17-15/h1-8,12,14,18,20H,9-10H2,(H,19,21). The number of ether oxygens (including phenoxy) is 1. The summed E-state index contributed by atoms with van der Waals surface area (Å²) in [6.45, 7) is 0.445. The Morgan fingerprint density at radius 2 is 2.23 bits per heavy atom. The smallest absolute Gasteiger partial charge is 0.241 e. The number of nitrogens with one attached hydrogen (secondary N) is 2. The molecule has 6 heteroatoms. The maximum Gasteiger partial charge on any atom is 0.241 e. The zero-order chi connectivity index (χ0) is 15.4. The van der Waals surface area contributed by atoms with Crippen LogP contribution in [0.2, 0.25) is 0 Å². The number of carbonyl (C=O) groups excluding carboxylic acids is 1. The average Bonchev–Trinajstić information content (AvgIpc) is 2.95. The number of hydrogen-bond donors (Lipinski definition) is 3. The van der Waals surface area contributed by atoms with Gasteiger partial charge in [-0.25, -0.2) is 4.98 Å². The molecule has 0 radical (unpaired) electrons. The molecule has 2 unspecified atom stereocenters. The summed E-state index contributed by atoms with van der Waals surface area (Å²) in [6, 6.07) is 12.2. The molecule has 1 saturated heterocycles. The number of aromatic nitrogens is 1. The maximum atomic E-state index is 12.1. The Labute approximate surface area is 128 Å². The molecule has 22 heavy (non-hydrogen) atoms. The van der Waals surface area contributed by atoms with Crippen molar-refractivity contribution in [2.24, 2.45) is 0 Å². The van der Waals surface area contributed by atoms with Crippen LogP contribution in [0.4, 0.5) is 5.69 Å². The molecule has 0 spiro atoms. The van der Waals surface area contributed by atoms with Crippen LogP contribution >= 0.6 is 0 Å². The van der Waals surface area contributed by atoms with Gasteiger partial charge in [-0.2, -0.15) is 0 Å². The minimum Gasteiger partial charge on any atom is -0.439 e. The van der Waals surface area contributed by atoms with Gasteiger partial charge in [-0.15, -0.1) is 0 Å². The molecule has 0 saturated carbocycles. The number of aliphatic hydroxyl groups is 1. The molecule has 2 heterocycles. The molecule has 3 N–H and O–H groups in total. The molecule has 1 aromatic heterocycles. The third-order valence-electron chi connectivity index (χ3n) is 3.39. The quantitative estimate of drug-likeness (QED) is 0.797. The van der Waals surface area contributed by atoms with Crippen molar-refractivity contribution in [2.45, 2.75) is 18.6 Å². The van der Waals surface area contributed by atoms with E-state index in [9.17, 15) is 9.90 Å². The highest BCUT2D eigenvalue weighted by molar-refractivity contribution is 5.95. The first-order valence-corrected chi connectivity index (χ1v) is 7.12. The summed E-state index contributed by atoms with van der Waals surface area (Å²) in [7, 11) is 0. The molecule has 1 aromatic carbocycles. The highest BCUT2D eigenvalue weighted by atomic mass is 16.5. The second-order valence-electron chi connectivity index (χ2n) is 5.14. The number of carbonyl (C=O) groups is 1. The molecule has 2 aromatic rings. The van der Waals surface area contributed by atoms with Gasteiger partial charge in [-0.05, 0) is 24.6 Å². The van der Waals surface area contributed by atoms with Crippen molar-refractivity contribution in [3.05, 3.63) is 48.7 Å². The Balaban J connectivity index is 1.65. The molecule has 1 aliphatic rings. The molecule has 1 amide bonds. The molecule has 1 aliphatic heterocycles. The van der Waals surface area contributed by atoms with E-state index in [2.05, 4.69) is 15.6 Å². The Bertz CT molecular complexity index is 648. The summed E-state index contributed by atoms with van der Waals surface area (Å²) in [5.74, 6) is 0.925. The fourth-order valence-corrected chi connectivity index (χ4v) is 2.31. The number of anilines is 1. The minimum atomic E-state index is -0.463. The Morgan fingerprint density at radius 3 is 2.95 bits per heavy atom. The van der Waals surface area contributed by atoms with E-state index >= 15 is 0 Å². The van der Waals surface area contributed by atoms with E-state index in [1.807, 2.05) is 12.1 Å². The first-order chi connectivity index (χ1) is 10.7. The molecule has 0 aliphatic carbocycles. The lowest BCUT2D eigenvalue weighted by Crippen LogP contribution is -2.35. The van der Waals surface area contributed by atoms with E-state index in [1.165, 1.54) is 0 Å². The van der Waals surface area contributed by atoms with E-state index in [0.717, 1.165) is 0 Å². The van der Waals surface area contributed by atoms with Gasteiger partial charge in [0.1, 0.15) is 5.75 Å². The van der Waals surface area contributed by atoms with Gasteiger partial charge in [0.15, 0.2) is 0 Å². The number of rotatable bonds is 4. The minimum absolute atomic E-state index is 0.161. The third kappa shape index (κ3) is 3.60. The van der Waals surface area contributed by atoms with Crippen molar-refractivity contribution in [1.82, 2.24) is 10.3 Å². The summed E-state index contributed by atoms with van der Waals surface area (Å²) in [4.78, 5) is 16.2. The van der Waals surface area contributed by atoms with E-state index in [0.29, 0.717) is 30.3 Å². The topological polar surface area (TPSA) is 83.5 Å². The lowest BCUT2D eigenvalue weighted by molar-refractivity contribution is -0.117. The molecular formula is C16H17N3O3. The largest absolute Gasteiger partial charge is 0.439 e. The van der Waals surface area contributed by atoms with Gasteiger partial charge >= 0.3 is 0 Å². The van der Waals surface area contributed by atoms with Gasteiger partial charge in [-0.1, -0.05) is 12.1 Å². The normalized spacial score (nSPS) is 20.6. The third-order valence-corrected chi connectivity index (χ3v) is 3.39. The van der Waals surface area contributed by atoms with Gasteiger partial charge in [0, 0.05) is 30.6 Å². The molecule has 1 fully saturated rings. The van der Waals surface area contributed by atoms with E-state index in [1.54, 1.807) is 36.5 Å². The van der Waals surface area contributed by atoms with Gasteiger partial charge in [0.25, 0.3) is 0 Å². The van der Waals surface area contributed by atoms with Gasteiger partial charge in [-0.3, -0.25) is 4.79 Å². The SMILES string of the molecule is O=C(Nc1cccc(Oc2ccccn2)c1)C1CC(O)CN1. The first kappa shape index (κ1) is 14.5. The second kappa shape index (κ2) is 6.55. The Hall–Kier alpha value is -2.44. The lowest BCUT2D eigenvalue weighted by Gasteiger charge is -2.12. The summed E-state index contributed by atoms with van der Waals surface area (Å²) in [5, 5.41) is 15.2. The van der Waals surface area contributed by atoms with Crippen LogP contribution in [0.5, 0.6) is 11.6 Å². The van der Waals surface area contributed by atoms with Crippen LogP contribution in [-0.4, -0.2) is 34.7 Å². The predicted molar refractivity (Wildman–Crippen MR) is 81.8 cm³/mol. The van der Waals surface area contributed by atoms with Crippen LogP contribution in [0.25, 0.3) is 0 Å². The average molecular weight is 299 g/mol. The number of benzene rings is 1. The molecular weight excluding hydrogens is 282 g/mol. The van der Waals surface area contributed by atoms with E-state index in [-0.39, 0.29) is 11.9 Å². The second-order valence-corrected chi connectivity index (χ2v) is 5.14. The highest BCUT2D eigenvalue weighted by Crippen LogP contribution is 2.22. The zero-order valence-corrected chi connectivity index (χ0v) is 11.9. The maximum absolute atomic E-state index is 12.1. The Kier molecular flexibility index (Phi) is 4.32. The van der Waals surface area contributed by atoms with Crippen LogP contribution < -0.4 is 15.4 Å². The fourth-order valence-electron chi connectivity index (χ4n) is 2.31. The van der Waals surface area contributed by atoms with Gasteiger partial charge in [0.2, 0.25) is 11.8 Å². The number of amides is 1. The summed E-state index contributed by atoms with van der Waals surface area (Å²) in [6.07, 6.45) is 1.61. The van der Waals surface area contributed by atoms with Crippen molar-refractivity contribution in [1.29, 1.82) is 0 Å². The predicted octanol–water partition coefficient (Wildman–Crippen LogP) is 1.54. The number of β-amino-alcohol motifs (C(OH)–C–C–N with tert-alkyl or cyclic N) is 1. The van der Waals surface area contributed by atoms with Crippen LogP contribution in [-0.2, 0) is 4.79 Å². The monoisotopic (exact) mass is 299 g/mol. The molecule has 114 valence electrons. The van der Waals surface area contributed by atoms with Crippen molar-refractivity contribution < 1.29 is 14.6 Å². The number of nitrogens with zero attached hydrogens (tertiary/aromatic N) is 1. The number of pyridine rings is 1. The van der Waals surface area contributed by atoms with E-state index in [4.69, 9.17) is 4.74 Å². The van der Waals surface area contributed by atoms with Crippen molar-refractivity contribution in [2.75, 3.05) is 11.9 Å². The van der Waals surface area contributed by atoms with E-state index < -0.39 is 6.10 Å². The molecule has 3 rings (SSSR count). The van der Waals surface area contributed by atoms with Gasteiger partial charge < -0.3 is 20.5 Å². The molecule has 2 atom stereocenters. The van der Waals surface area contributed by atoms with Crippen molar-refractivity contribution in [3.8, 4) is 11.6 Å². The van der Waals surface area contributed by atoms with Crippen LogP contribution in [0.1, 0.15) is 6.42 Å².